The summed E-state index contributed by atoms with van der Waals surface area (Å²) in [5.41, 5.74) is 3.94. The Hall–Kier alpha value is -2.76. The van der Waals surface area contributed by atoms with E-state index in [0.29, 0.717) is 25.9 Å². The van der Waals surface area contributed by atoms with E-state index in [1.54, 1.807) is 12.3 Å². The highest BCUT2D eigenvalue weighted by Crippen LogP contribution is 2.25. The lowest BCUT2D eigenvalue weighted by atomic mass is 9.98. The highest BCUT2D eigenvalue weighted by Gasteiger charge is 2.22. The van der Waals surface area contributed by atoms with Crippen molar-refractivity contribution >= 4 is 16.9 Å². The van der Waals surface area contributed by atoms with Crippen LogP contribution in [0.25, 0.3) is 11.0 Å². The number of fused-ring (bicyclic) bond motifs is 3. The molecule has 1 aliphatic heterocycles. The number of nitrogens with zero attached hydrogens (tertiary/aromatic N) is 3. The Morgan fingerprint density at radius 3 is 3.12 bits per heavy atom. The van der Waals surface area contributed by atoms with Crippen molar-refractivity contribution in [2.75, 3.05) is 6.54 Å². The highest BCUT2D eigenvalue weighted by molar-refractivity contribution is 5.81. The van der Waals surface area contributed by atoms with E-state index in [1.807, 2.05) is 17.2 Å². The number of hydrogen-bond acceptors (Lipinski definition) is 3. The maximum absolute atomic E-state index is 13.2. The van der Waals surface area contributed by atoms with E-state index in [1.165, 1.54) is 17.7 Å². The lowest BCUT2D eigenvalue weighted by molar-refractivity contribution is -0.132. The van der Waals surface area contributed by atoms with Gasteiger partial charge in [0.2, 0.25) is 5.91 Å². The third-order valence-electron chi connectivity index (χ3n) is 4.54. The number of benzene rings is 1. The van der Waals surface area contributed by atoms with Gasteiger partial charge in [0.15, 0.2) is 5.65 Å². The summed E-state index contributed by atoms with van der Waals surface area (Å²) in [5.74, 6) is -0.167. The molecule has 122 valence electrons. The Morgan fingerprint density at radius 2 is 2.25 bits per heavy atom. The molecule has 2 aromatic heterocycles. The zero-order valence-electron chi connectivity index (χ0n) is 13.1. The molecule has 0 radical (unpaired) electrons. The summed E-state index contributed by atoms with van der Waals surface area (Å²) >= 11 is 0. The maximum atomic E-state index is 13.2. The topological polar surface area (TPSA) is 61.9 Å². The summed E-state index contributed by atoms with van der Waals surface area (Å²) in [6.45, 7) is 1.27. The molecule has 5 nitrogen and oxygen atoms in total. The first-order valence-corrected chi connectivity index (χ1v) is 8.03. The number of aryl methyl sites for hydroxylation is 1. The molecule has 3 heterocycles. The van der Waals surface area contributed by atoms with E-state index in [4.69, 9.17) is 0 Å². The van der Waals surface area contributed by atoms with Gasteiger partial charge in [0.25, 0.3) is 0 Å². The molecule has 0 spiro atoms. The second-order valence-electron chi connectivity index (χ2n) is 6.09. The van der Waals surface area contributed by atoms with Crippen LogP contribution in [-0.2, 0) is 24.2 Å². The molecule has 0 bridgehead atoms. The Bertz CT molecular complexity index is 905. The first-order valence-electron chi connectivity index (χ1n) is 8.03. The monoisotopic (exact) mass is 324 g/mol. The van der Waals surface area contributed by atoms with E-state index in [0.717, 1.165) is 28.6 Å². The first kappa shape index (κ1) is 14.8. The predicted molar refractivity (Wildman–Crippen MR) is 87.7 cm³/mol. The van der Waals surface area contributed by atoms with Gasteiger partial charge in [-0.15, -0.1) is 0 Å². The summed E-state index contributed by atoms with van der Waals surface area (Å²) < 4.78 is 13.2. The quantitative estimate of drug-likeness (QED) is 0.805. The van der Waals surface area contributed by atoms with Gasteiger partial charge in [0.1, 0.15) is 5.82 Å². The number of amides is 1. The van der Waals surface area contributed by atoms with Gasteiger partial charge >= 0.3 is 0 Å². The lowest BCUT2D eigenvalue weighted by Gasteiger charge is -2.29. The van der Waals surface area contributed by atoms with Gasteiger partial charge in [0, 0.05) is 31.1 Å². The zero-order chi connectivity index (χ0) is 16.5. The second kappa shape index (κ2) is 6.03. The minimum atomic E-state index is -0.262. The molecular weight excluding hydrogens is 307 g/mol. The summed E-state index contributed by atoms with van der Waals surface area (Å²) in [4.78, 5) is 18.7. The van der Waals surface area contributed by atoms with Crippen molar-refractivity contribution in [2.45, 2.75) is 25.8 Å². The zero-order valence-corrected chi connectivity index (χ0v) is 13.1. The van der Waals surface area contributed by atoms with Crippen LogP contribution in [0.4, 0.5) is 4.39 Å². The molecule has 3 aromatic rings. The Balaban J connectivity index is 1.45. The maximum Gasteiger partial charge on any atom is 0.223 e. The van der Waals surface area contributed by atoms with Crippen LogP contribution in [0.3, 0.4) is 0 Å². The molecule has 0 fully saturated rings. The van der Waals surface area contributed by atoms with Crippen LogP contribution < -0.4 is 0 Å². The van der Waals surface area contributed by atoms with Crippen molar-refractivity contribution < 1.29 is 9.18 Å². The summed E-state index contributed by atoms with van der Waals surface area (Å²) in [6, 6.07) is 6.42. The standard InChI is InChI=1S/C18H17FN4O/c19-14-3-1-2-12(8-14)4-5-17(24)23-7-6-15-13(11-23)9-20-18-16(15)10-21-22-18/h1-3,8-10H,4-7,11H2,(H,20,21,22). The van der Waals surface area contributed by atoms with Crippen LogP contribution in [0.15, 0.2) is 36.7 Å². The molecule has 1 aliphatic rings. The number of halogens is 1. The lowest BCUT2D eigenvalue weighted by Crippen LogP contribution is -2.36. The van der Waals surface area contributed by atoms with Crippen LogP contribution in [0.1, 0.15) is 23.1 Å². The van der Waals surface area contributed by atoms with Gasteiger partial charge in [0.05, 0.1) is 6.20 Å². The molecule has 24 heavy (non-hydrogen) atoms. The van der Waals surface area contributed by atoms with Crippen molar-refractivity contribution in [1.82, 2.24) is 20.1 Å². The van der Waals surface area contributed by atoms with Crippen LogP contribution in [-0.4, -0.2) is 32.5 Å². The largest absolute Gasteiger partial charge is 0.338 e. The number of carbonyl (C=O) groups is 1. The molecule has 1 N–H and O–H groups in total. The fraction of sp³-hybridized carbons (Fsp3) is 0.278. The summed E-state index contributed by atoms with van der Waals surface area (Å²) in [7, 11) is 0. The smallest absolute Gasteiger partial charge is 0.223 e. The highest BCUT2D eigenvalue weighted by atomic mass is 19.1. The summed E-state index contributed by atoms with van der Waals surface area (Å²) in [5, 5.41) is 7.95. The molecule has 0 unspecified atom stereocenters. The number of hydrogen-bond donors (Lipinski definition) is 1. The summed E-state index contributed by atoms with van der Waals surface area (Å²) in [6.07, 6.45) is 5.36. The molecule has 4 rings (SSSR count). The molecule has 6 heteroatoms. The van der Waals surface area contributed by atoms with E-state index < -0.39 is 0 Å². The molecular formula is C18H17FN4O. The van der Waals surface area contributed by atoms with E-state index >= 15 is 0 Å². The van der Waals surface area contributed by atoms with Crippen molar-refractivity contribution in [3.05, 3.63) is 59.2 Å². The predicted octanol–water partition coefficient (Wildman–Crippen LogP) is 2.61. The SMILES string of the molecule is O=C(CCc1cccc(F)c1)N1CCc2c(cnc3[nH]ncc23)C1. The van der Waals surface area contributed by atoms with Crippen molar-refractivity contribution in [3.8, 4) is 0 Å². The molecule has 0 aliphatic carbocycles. The van der Waals surface area contributed by atoms with E-state index in [-0.39, 0.29) is 11.7 Å². The minimum Gasteiger partial charge on any atom is -0.338 e. The number of carbonyl (C=O) groups excluding carboxylic acids is 1. The van der Waals surface area contributed by atoms with Gasteiger partial charge in [-0.3, -0.25) is 9.89 Å². The number of aromatic amines is 1. The molecule has 0 atom stereocenters. The number of aromatic nitrogens is 3. The van der Waals surface area contributed by atoms with Gasteiger partial charge in [-0.1, -0.05) is 12.1 Å². The van der Waals surface area contributed by atoms with Gasteiger partial charge in [-0.05, 0) is 41.7 Å². The number of rotatable bonds is 3. The number of H-pyrrole nitrogens is 1. The molecule has 0 saturated carbocycles. The van der Waals surface area contributed by atoms with Crippen molar-refractivity contribution in [3.63, 3.8) is 0 Å². The van der Waals surface area contributed by atoms with E-state index in [2.05, 4.69) is 15.2 Å². The van der Waals surface area contributed by atoms with Crippen LogP contribution in [0.2, 0.25) is 0 Å². The van der Waals surface area contributed by atoms with Crippen LogP contribution in [0, 0.1) is 5.82 Å². The minimum absolute atomic E-state index is 0.0946. The second-order valence-corrected chi connectivity index (χ2v) is 6.09. The average Bonchev–Trinajstić information content (AvgIpc) is 3.08. The van der Waals surface area contributed by atoms with Gasteiger partial charge < -0.3 is 4.90 Å². The normalized spacial score (nSPS) is 14.0. The third kappa shape index (κ3) is 2.75. The molecule has 1 aromatic carbocycles. The fourth-order valence-electron chi connectivity index (χ4n) is 3.27. The third-order valence-corrected chi connectivity index (χ3v) is 4.54. The number of pyridine rings is 1. The fourth-order valence-corrected chi connectivity index (χ4v) is 3.27. The van der Waals surface area contributed by atoms with Crippen LogP contribution in [0.5, 0.6) is 0 Å². The Morgan fingerprint density at radius 1 is 1.33 bits per heavy atom. The Kier molecular flexibility index (Phi) is 3.72. The molecule has 1 amide bonds. The van der Waals surface area contributed by atoms with E-state index in [9.17, 15) is 9.18 Å². The van der Waals surface area contributed by atoms with Gasteiger partial charge in [-0.25, -0.2) is 9.37 Å². The molecule has 0 saturated heterocycles. The van der Waals surface area contributed by atoms with Crippen LogP contribution >= 0.6 is 0 Å². The average molecular weight is 324 g/mol. The van der Waals surface area contributed by atoms with Crippen molar-refractivity contribution in [1.29, 1.82) is 0 Å². The first-order chi connectivity index (χ1) is 11.7. The number of nitrogens with one attached hydrogen (secondary N) is 1. The van der Waals surface area contributed by atoms with Crippen molar-refractivity contribution in [2.24, 2.45) is 0 Å². The Labute approximate surface area is 138 Å². The van der Waals surface area contributed by atoms with Gasteiger partial charge in [-0.2, -0.15) is 5.10 Å².